The van der Waals surface area contributed by atoms with Crippen molar-refractivity contribution in [1.82, 2.24) is 9.29 Å². The molecule has 1 aliphatic heterocycles. The van der Waals surface area contributed by atoms with Gasteiger partial charge in [0.05, 0.1) is 5.56 Å². The number of sulfonamides is 1. The Kier molecular flexibility index (Phi) is 4.54. The molecule has 1 aromatic heterocycles. The van der Waals surface area contributed by atoms with E-state index in [1.54, 1.807) is 0 Å². The molecule has 0 saturated heterocycles. The van der Waals surface area contributed by atoms with Crippen LogP contribution in [0.2, 0.25) is 0 Å². The van der Waals surface area contributed by atoms with E-state index in [9.17, 15) is 23.1 Å². The van der Waals surface area contributed by atoms with Gasteiger partial charge >= 0.3 is 0 Å². The van der Waals surface area contributed by atoms with Crippen LogP contribution in [0, 0.1) is 0 Å². The van der Waals surface area contributed by atoms with Crippen LogP contribution in [0.15, 0.2) is 41.4 Å². The molecule has 9 heteroatoms. The third kappa shape index (κ3) is 3.01. The van der Waals surface area contributed by atoms with Crippen LogP contribution in [0.4, 0.5) is 5.82 Å². The Bertz CT molecular complexity index is 1060. The van der Waals surface area contributed by atoms with Gasteiger partial charge in [0.2, 0.25) is 0 Å². The lowest BCUT2D eigenvalue weighted by molar-refractivity contribution is 0.0809. The number of rotatable bonds is 3. The van der Waals surface area contributed by atoms with E-state index in [4.69, 9.17) is 0 Å². The first-order valence-corrected chi connectivity index (χ1v) is 10.5. The van der Waals surface area contributed by atoms with Crippen LogP contribution in [0.25, 0.3) is 0 Å². The molecule has 2 N–H and O–H groups in total. The van der Waals surface area contributed by atoms with Crippen molar-refractivity contribution in [2.75, 3.05) is 5.32 Å². The number of hydrogen-bond acceptors (Lipinski definition) is 6. The number of amides is 2. The molecule has 4 rings (SSSR count). The average molecular weight is 401 g/mol. The molecule has 2 amide bonds. The minimum atomic E-state index is -3.99. The van der Waals surface area contributed by atoms with Gasteiger partial charge < -0.3 is 10.4 Å². The van der Waals surface area contributed by atoms with Gasteiger partial charge in [-0.2, -0.15) is 0 Å². The lowest BCUT2D eigenvalue weighted by Gasteiger charge is -2.29. The molecule has 1 fully saturated rings. The first-order chi connectivity index (χ1) is 13.4. The minimum absolute atomic E-state index is 0.0317. The van der Waals surface area contributed by atoms with E-state index in [2.05, 4.69) is 10.3 Å². The smallest absolute Gasteiger partial charge is 0.269 e. The van der Waals surface area contributed by atoms with Crippen LogP contribution < -0.4 is 5.32 Å². The zero-order valence-corrected chi connectivity index (χ0v) is 15.8. The Labute approximate surface area is 162 Å². The number of carbonyl (C=O) groups is 2. The Morgan fingerprint density at radius 3 is 2.64 bits per heavy atom. The number of aromatic nitrogens is 1. The summed E-state index contributed by atoms with van der Waals surface area (Å²) in [5.74, 6) is -1.40. The molecule has 2 heterocycles. The fraction of sp³-hybridized carbons (Fsp3) is 0.316. The number of anilines is 1. The molecular weight excluding hydrogens is 382 g/mol. The molecule has 28 heavy (non-hydrogen) atoms. The third-order valence-corrected chi connectivity index (χ3v) is 7.01. The van der Waals surface area contributed by atoms with E-state index in [0.717, 1.165) is 23.6 Å². The van der Waals surface area contributed by atoms with Gasteiger partial charge in [0.15, 0.2) is 11.6 Å². The molecule has 2 aromatic rings. The average Bonchev–Trinajstić information content (AvgIpc) is 2.89. The van der Waals surface area contributed by atoms with E-state index < -0.39 is 21.8 Å². The monoisotopic (exact) mass is 401 g/mol. The fourth-order valence-corrected chi connectivity index (χ4v) is 5.58. The standard InChI is InChI=1S/C19H19N3O5S/c23-15-7-4-10-20-17(15)21-18(24)12-8-9-14-16(11-12)28(26,27)22(19(14)25)13-5-2-1-3-6-13/h4,7-11,13,23H,1-3,5-6H2,(H,20,21,24). The Balaban J connectivity index is 1.65. The van der Waals surface area contributed by atoms with Gasteiger partial charge in [-0.3, -0.25) is 9.59 Å². The van der Waals surface area contributed by atoms with Crippen LogP contribution in [-0.4, -0.2) is 40.7 Å². The topological polar surface area (TPSA) is 117 Å². The molecule has 1 aliphatic carbocycles. The number of fused-ring (bicyclic) bond motifs is 1. The zero-order valence-electron chi connectivity index (χ0n) is 15.0. The first kappa shape index (κ1) is 18.4. The van der Waals surface area contributed by atoms with Crippen LogP contribution in [0.3, 0.4) is 0 Å². The molecule has 0 atom stereocenters. The molecule has 8 nitrogen and oxygen atoms in total. The van der Waals surface area contributed by atoms with Gasteiger partial charge in [0, 0.05) is 17.8 Å². The number of benzene rings is 1. The van der Waals surface area contributed by atoms with Crippen LogP contribution in [0.1, 0.15) is 52.8 Å². The number of nitrogens with zero attached hydrogens (tertiary/aromatic N) is 2. The van der Waals surface area contributed by atoms with Crippen molar-refractivity contribution in [2.24, 2.45) is 0 Å². The summed E-state index contributed by atoms with van der Waals surface area (Å²) >= 11 is 0. The highest BCUT2D eigenvalue weighted by atomic mass is 32.2. The van der Waals surface area contributed by atoms with Crippen molar-refractivity contribution in [3.63, 3.8) is 0 Å². The lowest BCUT2D eigenvalue weighted by atomic mass is 9.95. The third-order valence-electron chi connectivity index (χ3n) is 5.14. The summed E-state index contributed by atoms with van der Waals surface area (Å²) in [6.45, 7) is 0. The van der Waals surface area contributed by atoms with Crippen molar-refractivity contribution in [3.05, 3.63) is 47.7 Å². The summed E-state index contributed by atoms with van der Waals surface area (Å²) < 4.78 is 27.0. The predicted octanol–water partition coefficient (Wildman–Crippen LogP) is 2.52. The van der Waals surface area contributed by atoms with E-state index >= 15 is 0 Å². The van der Waals surface area contributed by atoms with Crippen LogP contribution in [-0.2, 0) is 10.0 Å². The van der Waals surface area contributed by atoms with Crippen molar-refractivity contribution in [1.29, 1.82) is 0 Å². The van der Waals surface area contributed by atoms with Gasteiger partial charge in [-0.25, -0.2) is 17.7 Å². The highest BCUT2D eigenvalue weighted by Crippen LogP contribution is 2.36. The maximum Gasteiger partial charge on any atom is 0.269 e. The second-order valence-corrected chi connectivity index (χ2v) is 8.72. The fourth-order valence-electron chi connectivity index (χ4n) is 3.74. The number of carbonyl (C=O) groups excluding carboxylic acids is 2. The highest BCUT2D eigenvalue weighted by Gasteiger charge is 2.45. The summed E-state index contributed by atoms with van der Waals surface area (Å²) in [6, 6.07) is 6.52. The maximum atomic E-state index is 13.0. The molecule has 1 aromatic carbocycles. The Morgan fingerprint density at radius 2 is 1.93 bits per heavy atom. The normalized spacial score (nSPS) is 18.7. The van der Waals surface area contributed by atoms with Crippen LogP contribution in [0.5, 0.6) is 5.75 Å². The van der Waals surface area contributed by atoms with Crippen molar-refractivity contribution in [2.45, 2.75) is 43.0 Å². The van der Waals surface area contributed by atoms with Crippen molar-refractivity contribution in [3.8, 4) is 5.75 Å². The van der Waals surface area contributed by atoms with Gasteiger partial charge in [0.1, 0.15) is 4.90 Å². The minimum Gasteiger partial charge on any atom is -0.504 e. The first-order valence-electron chi connectivity index (χ1n) is 9.08. The van der Waals surface area contributed by atoms with Crippen molar-refractivity contribution >= 4 is 27.7 Å². The molecule has 2 aliphatic rings. The van der Waals surface area contributed by atoms with E-state index in [1.807, 2.05) is 0 Å². The lowest BCUT2D eigenvalue weighted by Crippen LogP contribution is -2.40. The van der Waals surface area contributed by atoms with Gasteiger partial charge in [0.25, 0.3) is 21.8 Å². The molecule has 0 bridgehead atoms. The molecule has 0 spiro atoms. The number of aromatic hydroxyl groups is 1. The zero-order chi connectivity index (χ0) is 19.9. The predicted molar refractivity (Wildman–Crippen MR) is 101 cm³/mol. The largest absolute Gasteiger partial charge is 0.504 e. The molecular formula is C19H19N3O5S. The summed E-state index contributed by atoms with van der Waals surface area (Å²) in [5, 5.41) is 12.2. The van der Waals surface area contributed by atoms with Crippen molar-refractivity contribution < 1.29 is 23.1 Å². The second-order valence-electron chi connectivity index (χ2n) is 6.93. The molecule has 0 unspecified atom stereocenters. The quantitative estimate of drug-likeness (QED) is 0.816. The molecule has 0 radical (unpaired) electrons. The Hall–Kier alpha value is -2.94. The van der Waals surface area contributed by atoms with Gasteiger partial charge in [-0.1, -0.05) is 19.3 Å². The summed E-state index contributed by atoms with van der Waals surface area (Å²) in [6.07, 6.45) is 5.54. The second kappa shape index (κ2) is 6.90. The van der Waals surface area contributed by atoms with E-state index in [-0.39, 0.29) is 33.6 Å². The molecule has 146 valence electrons. The van der Waals surface area contributed by atoms with E-state index in [1.165, 1.54) is 36.5 Å². The summed E-state index contributed by atoms with van der Waals surface area (Å²) in [5.41, 5.74) is 0.147. The van der Waals surface area contributed by atoms with Gasteiger partial charge in [-0.15, -0.1) is 0 Å². The Morgan fingerprint density at radius 1 is 1.18 bits per heavy atom. The number of hydrogen-bond donors (Lipinski definition) is 2. The maximum absolute atomic E-state index is 13.0. The summed E-state index contributed by atoms with van der Waals surface area (Å²) in [4.78, 5) is 28.9. The van der Waals surface area contributed by atoms with Gasteiger partial charge in [-0.05, 0) is 43.2 Å². The number of pyridine rings is 1. The van der Waals surface area contributed by atoms with E-state index in [0.29, 0.717) is 12.8 Å². The SMILES string of the molecule is O=C(Nc1ncccc1O)c1ccc2c(c1)S(=O)(=O)N(C1CCCCC1)C2=O. The number of nitrogens with one attached hydrogen (secondary N) is 1. The summed E-state index contributed by atoms with van der Waals surface area (Å²) in [7, 11) is -3.99. The highest BCUT2D eigenvalue weighted by molar-refractivity contribution is 7.90. The van der Waals surface area contributed by atoms with Crippen LogP contribution >= 0.6 is 0 Å². The molecule has 1 saturated carbocycles.